The Hall–Kier alpha value is -2.13. The molecule has 26 heavy (non-hydrogen) atoms. The van der Waals surface area contributed by atoms with Crippen LogP contribution in [0.5, 0.6) is 11.6 Å². The Morgan fingerprint density at radius 1 is 1.35 bits per heavy atom. The van der Waals surface area contributed by atoms with Crippen LogP contribution in [0.15, 0.2) is 6.07 Å². The van der Waals surface area contributed by atoms with Gasteiger partial charge in [-0.25, -0.2) is 13.9 Å². The molecule has 1 aromatic heterocycles. The number of carbonyl (C=O) groups excluding carboxylic acids is 1. The van der Waals surface area contributed by atoms with Crippen LogP contribution in [0.1, 0.15) is 19.4 Å². The van der Waals surface area contributed by atoms with Crippen molar-refractivity contribution in [3.05, 3.63) is 27.5 Å². The number of carbonyl (C=O) groups is 1. The fourth-order valence-corrected chi connectivity index (χ4v) is 2.79. The van der Waals surface area contributed by atoms with Gasteiger partial charge in [0.05, 0.1) is 5.02 Å². The molecular formula is C15H13Cl2F3N2O4. The van der Waals surface area contributed by atoms with Gasteiger partial charge in [-0.05, 0) is 12.5 Å². The lowest BCUT2D eigenvalue weighted by atomic mass is 10.0. The Morgan fingerprint density at radius 2 is 2.00 bits per heavy atom. The molecule has 0 saturated heterocycles. The molecule has 2 rings (SSSR count). The third kappa shape index (κ3) is 3.99. The van der Waals surface area contributed by atoms with Crippen molar-refractivity contribution in [1.29, 1.82) is 0 Å². The van der Waals surface area contributed by atoms with E-state index in [1.165, 1.54) is 7.05 Å². The van der Waals surface area contributed by atoms with Gasteiger partial charge in [-0.1, -0.05) is 30.1 Å². The lowest BCUT2D eigenvalue weighted by molar-refractivity contribution is -0.210. The smallest absolute Gasteiger partial charge is 0.388 e. The van der Waals surface area contributed by atoms with Gasteiger partial charge in [-0.2, -0.15) is 13.9 Å². The summed E-state index contributed by atoms with van der Waals surface area (Å²) in [5.74, 6) is -2.12. The van der Waals surface area contributed by atoms with Crippen molar-refractivity contribution in [2.75, 3.05) is 0 Å². The fraction of sp³-hybridized carbons (Fsp3) is 0.333. The Bertz CT molecular complexity index is 843. The van der Waals surface area contributed by atoms with Crippen LogP contribution in [0.2, 0.25) is 10.0 Å². The van der Waals surface area contributed by atoms with E-state index in [1.807, 2.05) is 0 Å². The third-order valence-corrected chi connectivity index (χ3v) is 4.01. The Balaban J connectivity index is 2.62. The molecule has 1 aromatic carbocycles. The van der Waals surface area contributed by atoms with Gasteiger partial charge in [0.25, 0.3) is 0 Å². The van der Waals surface area contributed by atoms with Crippen LogP contribution < -0.4 is 9.62 Å². The van der Waals surface area contributed by atoms with E-state index in [1.54, 1.807) is 6.92 Å². The molecule has 11 heteroatoms. The summed E-state index contributed by atoms with van der Waals surface area (Å²) < 4.78 is 45.1. The zero-order chi connectivity index (χ0) is 19.6. The second kappa shape index (κ2) is 8.05. The number of rotatable bonds is 6. The number of nitrogens with zero attached hydrogens (tertiary/aromatic N) is 2. The Morgan fingerprint density at radius 3 is 2.54 bits per heavy atom. The number of aromatic nitrogens is 2. The maximum Gasteiger partial charge on any atom is 0.388 e. The van der Waals surface area contributed by atoms with Gasteiger partial charge in [-0.15, -0.1) is 0 Å². The quantitative estimate of drug-likeness (QED) is 0.514. The summed E-state index contributed by atoms with van der Waals surface area (Å²) in [6.45, 7) is -0.405. The van der Waals surface area contributed by atoms with Crippen LogP contribution in [0.3, 0.4) is 0 Å². The highest BCUT2D eigenvalue weighted by Gasteiger charge is 2.26. The molecule has 0 aliphatic rings. The second-order valence-electron chi connectivity index (χ2n) is 5.01. The minimum Gasteiger partial charge on any atom is -0.416 e. The normalized spacial score (nSPS) is 11.0. The summed E-state index contributed by atoms with van der Waals surface area (Å²) in [6, 6.07) is 1.10. The first kappa shape index (κ1) is 20.2. The molecule has 0 saturated carbocycles. The third-order valence-electron chi connectivity index (χ3n) is 3.26. The number of alkyl halides is 2. The van der Waals surface area contributed by atoms with Gasteiger partial charge in [-0.3, -0.25) is 9.78 Å². The van der Waals surface area contributed by atoms with E-state index in [2.05, 4.69) is 14.7 Å². The van der Waals surface area contributed by atoms with Gasteiger partial charge >= 0.3 is 12.6 Å². The first-order chi connectivity index (χ1) is 12.2. The zero-order valence-electron chi connectivity index (χ0n) is 13.8. The molecule has 0 fully saturated rings. The molecule has 6 nitrogen and oxygen atoms in total. The van der Waals surface area contributed by atoms with Gasteiger partial charge in [0.2, 0.25) is 5.88 Å². The predicted molar refractivity (Wildman–Crippen MR) is 87.0 cm³/mol. The van der Waals surface area contributed by atoms with Crippen molar-refractivity contribution < 1.29 is 32.5 Å². The first-order valence-electron chi connectivity index (χ1n) is 7.20. The lowest BCUT2D eigenvalue weighted by Crippen LogP contribution is -2.06. The molecular weight excluding hydrogens is 400 g/mol. The number of hydrogen-bond acceptors (Lipinski definition) is 5. The van der Waals surface area contributed by atoms with Crippen molar-refractivity contribution in [1.82, 2.24) is 9.78 Å². The predicted octanol–water partition coefficient (Wildman–Crippen LogP) is 4.55. The number of ether oxygens (including phenoxy) is 1. The van der Waals surface area contributed by atoms with Gasteiger partial charge < -0.3 is 4.74 Å². The summed E-state index contributed by atoms with van der Waals surface area (Å²) in [5.41, 5.74) is -0.302. The molecule has 0 N–H and O–H groups in total. The van der Waals surface area contributed by atoms with Crippen LogP contribution >= 0.6 is 23.2 Å². The Kier molecular flexibility index (Phi) is 6.25. The van der Waals surface area contributed by atoms with E-state index >= 15 is 0 Å². The highest BCUT2D eigenvalue weighted by Crippen LogP contribution is 2.42. The summed E-state index contributed by atoms with van der Waals surface area (Å²) in [6.07, 6.45) is 0.166. The number of aryl methyl sites for hydroxylation is 1. The van der Waals surface area contributed by atoms with Crippen LogP contribution in [0, 0.1) is 5.82 Å². The maximum absolute atomic E-state index is 14.8. The number of halogens is 5. The summed E-state index contributed by atoms with van der Waals surface area (Å²) in [5, 5.41) is 3.49. The zero-order valence-corrected chi connectivity index (χ0v) is 15.3. The summed E-state index contributed by atoms with van der Waals surface area (Å²) >= 11 is 12.1. The molecule has 2 aromatic rings. The lowest BCUT2D eigenvalue weighted by Gasteiger charge is -2.12. The van der Waals surface area contributed by atoms with Gasteiger partial charge in [0.1, 0.15) is 16.5 Å². The average Bonchev–Trinajstić information content (AvgIpc) is 2.82. The van der Waals surface area contributed by atoms with E-state index < -0.39 is 24.3 Å². The van der Waals surface area contributed by atoms with Crippen molar-refractivity contribution >= 4 is 29.2 Å². The molecule has 0 aliphatic heterocycles. The van der Waals surface area contributed by atoms with E-state index in [0.29, 0.717) is 0 Å². The maximum atomic E-state index is 14.8. The monoisotopic (exact) mass is 412 g/mol. The van der Waals surface area contributed by atoms with E-state index in [-0.39, 0.29) is 39.0 Å². The van der Waals surface area contributed by atoms with E-state index in [9.17, 15) is 18.0 Å². The number of hydrogen-bond donors (Lipinski definition) is 0. The number of benzene rings is 1. The molecule has 0 amide bonds. The van der Waals surface area contributed by atoms with E-state index in [0.717, 1.165) is 17.7 Å². The fourth-order valence-electron chi connectivity index (χ4n) is 2.18. The first-order valence-corrected chi connectivity index (χ1v) is 7.96. The summed E-state index contributed by atoms with van der Waals surface area (Å²) in [4.78, 5) is 20.2. The van der Waals surface area contributed by atoms with Crippen molar-refractivity contribution in [2.45, 2.75) is 26.9 Å². The molecule has 0 atom stereocenters. The largest absolute Gasteiger partial charge is 0.416 e. The SMILES string of the molecule is CCc1c(F)c(-c2nn(C)c(OC(F)F)c2Cl)cc(OOC(C)=O)c1Cl. The van der Waals surface area contributed by atoms with Crippen molar-refractivity contribution in [3.63, 3.8) is 0 Å². The molecule has 142 valence electrons. The molecule has 0 bridgehead atoms. The van der Waals surface area contributed by atoms with E-state index in [4.69, 9.17) is 28.1 Å². The Labute approximate surface area is 156 Å². The van der Waals surface area contributed by atoms with Gasteiger partial charge in [0.15, 0.2) is 5.75 Å². The van der Waals surface area contributed by atoms with Crippen LogP contribution in [0.4, 0.5) is 13.2 Å². The highest BCUT2D eigenvalue weighted by atomic mass is 35.5. The molecule has 0 unspecified atom stereocenters. The van der Waals surface area contributed by atoms with Crippen molar-refractivity contribution in [2.24, 2.45) is 7.05 Å². The van der Waals surface area contributed by atoms with Crippen LogP contribution in [0.25, 0.3) is 11.3 Å². The van der Waals surface area contributed by atoms with Crippen LogP contribution in [-0.4, -0.2) is 22.4 Å². The molecule has 0 aliphatic carbocycles. The van der Waals surface area contributed by atoms with Crippen molar-refractivity contribution in [3.8, 4) is 22.9 Å². The molecule has 0 spiro atoms. The van der Waals surface area contributed by atoms with Gasteiger partial charge in [0, 0.05) is 25.1 Å². The topological polar surface area (TPSA) is 62.6 Å². The summed E-state index contributed by atoms with van der Waals surface area (Å²) in [7, 11) is 1.30. The molecule has 1 heterocycles. The standard InChI is InChI=1S/C15H13Cl2F3N2O4/c1-4-7-10(16)9(26-25-6(2)23)5-8(12(7)18)13-11(17)14(22(3)21-13)24-15(19)20/h5,15H,4H2,1-3H3. The second-order valence-corrected chi connectivity index (χ2v) is 5.77. The average molecular weight is 413 g/mol. The van der Waals surface area contributed by atoms with Crippen LogP contribution in [-0.2, 0) is 23.2 Å². The highest BCUT2D eigenvalue weighted by molar-refractivity contribution is 6.35. The molecule has 0 radical (unpaired) electrons. The minimum atomic E-state index is -3.14. The minimum absolute atomic E-state index is 0.0457.